The molecule has 3 saturated heterocycles. The van der Waals surface area contributed by atoms with Crippen molar-refractivity contribution in [3.63, 3.8) is 0 Å². The Morgan fingerprint density at radius 2 is 1.49 bits per heavy atom. The minimum Gasteiger partial charge on any atom is -0.370 e. The van der Waals surface area contributed by atoms with Gasteiger partial charge in [0.1, 0.15) is 29.6 Å². The molecule has 15 heteroatoms. The van der Waals surface area contributed by atoms with Crippen LogP contribution in [0.3, 0.4) is 0 Å². The third-order valence-corrected chi connectivity index (χ3v) is 14.4. The number of aromatic nitrogens is 1. The van der Waals surface area contributed by atoms with Gasteiger partial charge in [0.05, 0.1) is 39.3 Å². The largest absolute Gasteiger partial charge is 0.370 e. The maximum absolute atomic E-state index is 14.5. The van der Waals surface area contributed by atoms with E-state index in [1.807, 2.05) is 25.3 Å². The first kappa shape index (κ1) is 37.6. The summed E-state index contributed by atoms with van der Waals surface area (Å²) in [7, 11) is -8.13. The molecule has 5 rings (SSSR count). The van der Waals surface area contributed by atoms with Gasteiger partial charge in [-0.3, -0.25) is 9.13 Å². The SMILES string of the molecule is CC(C)(C)OP(=O)(CP(=O)(OC(C)(C)C)OC(C)(C)C)OC[C@H]1O[C@@H](c2csc3c(N4CCCC4)cc(Cl)nc23)[C@@H]2OC(C)(C)O[C@@H]21. The van der Waals surface area contributed by atoms with Crippen LogP contribution in [0, 0.1) is 0 Å². The number of nitrogens with zero attached hydrogens (tertiary/aromatic N) is 2. The zero-order chi connectivity index (χ0) is 34.8. The maximum Gasteiger partial charge on any atom is 0.343 e. The van der Waals surface area contributed by atoms with Crippen molar-refractivity contribution in [3.8, 4) is 0 Å². The second-order valence-electron chi connectivity index (χ2n) is 16.0. The predicted molar refractivity (Wildman–Crippen MR) is 186 cm³/mol. The number of fused-ring (bicyclic) bond motifs is 2. The van der Waals surface area contributed by atoms with Crippen LogP contribution in [0.2, 0.25) is 5.15 Å². The van der Waals surface area contributed by atoms with Crippen LogP contribution < -0.4 is 4.90 Å². The number of thiophene rings is 1. The molecule has 1 unspecified atom stereocenters. The van der Waals surface area contributed by atoms with Crippen LogP contribution in [0.5, 0.6) is 0 Å². The molecule has 0 N–H and O–H groups in total. The van der Waals surface area contributed by atoms with E-state index in [9.17, 15) is 9.13 Å². The van der Waals surface area contributed by atoms with Gasteiger partial charge in [-0.15, -0.1) is 11.3 Å². The molecule has 3 fully saturated rings. The highest BCUT2D eigenvalue weighted by molar-refractivity contribution is 7.71. The van der Waals surface area contributed by atoms with E-state index in [4.69, 9.17) is 48.9 Å². The fourth-order valence-corrected chi connectivity index (χ4v) is 13.2. The lowest BCUT2D eigenvalue weighted by atomic mass is 10.0. The van der Waals surface area contributed by atoms with Gasteiger partial charge in [0.2, 0.25) is 0 Å². The molecule has 0 aliphatic carbocycles. The third-order valence-electron chi connectivity index (χ3n) is 7.42. The molecule has 2 aromatic heterocycles. The van der Waals surface area contributed by atoms with Crippen LogP contribution in [-0.2, 0) is 41.4 Å². The van der Waals surface area contributed by atoms with Crippen molar-refractivity contribution in [2.75, 3.05) is 30.5 Å². The molecular weight excluding hydrogens is 686 g/mol. The highest BCUT2D eigenvalue weighted by Gasteiger charge is 2.57. The highest BCUT2D eigenvalue weighted by atomic mass is 35.5. The lowest BCUT2D eigenvalue weighted by Crippen LogP contribution is -2.33. The van der Waals surface area contributed by atoms with Gasteiger partial charge in [-0.1, -0.05) is 11.6 Å². The summed E-state index contributed by atoms with van der Waals surface area (Å²) in [6, 6.07) is 1.93. The van der Waals surface area contributed by atoms with Crippen LogP contribution in [0.1, 0.15) is 101 Å². The molecule has 0 radical (unpaired) electrons. The van der Waals surface area contributed by atoms with Gasteiger partial charge < -0.3 is 37.2 Å². The summed E-state index contributed by atoms with van der Waals surface area (Å²) in [5.41, 5.74) is 0.0996. The van der Waals surface area contributed by atoms with Crippen LogP contribution in [0.4, 0.5) is 5.69 Å². The molecule has 0 saturated carbocycles. The van der Waals surface area contributed by atoms with Gasteiger partial charge in [-0.25, -0.2) is 4.98 Å². The van der Waals surface area contributed by atoms with Gasteiger partial charge in [0.15, 0.2) is 11.7 Å². The molecule has 5 heterocycles. The van der Waals surface area contributed by atoms with Crippen molar-refractivity contribution in [1.29, 1.82) is 0 Å². The van der Waals surface area contributed by atoms with Crippen molar-refractivity contribution in [2.45, 2.75) is 136 Å². The minimum absolute atomic E-state index is 0.176. The molecule has 3 aliphatic heterocycles. The fraction of sp³-hybridized carbons (Fsp3) is 0.781. The second-order valence-corrected chi connectivity index (χ2v) is 21.6. The first-order valence-corrected chi connectivity index (χ1v) is 20.9. The minimum atomic E-state index is -4.12. The Bertz CT molecular complexity index is 1520. The average Bonchev–Trinajstić information content (AvgIpc) is 3.62. The molecular formula is C32H51ClN2O9P2S. The number of rotatable bonds is 10. The summed E-state index contributed by atoms with van der Waals surface area (Å²) in [5.74, 6) is -1.47. The van der Waals surface area contributed by atoms with Crippen LogP contribution >= 0.6 is 38.1 Å². The first-order valence-electron chi connectivity index (χ1n) is 16.2. The lowest BCUT2D eigenvalue weighted by Gasteiger charge is -2.35. The van der Waals surface area contributed by atoms with Gasteiger partial charge in [0, 0.05) is 24.7 Å². The summed E-state index contributed by atoms with van der Waals surface area (Å²) >= 11 is 8.17. The van der Waals surface area contributed by atoms with Gasteiger partial charge in [-0.05, 0) is 94.4 Å². The van der Waals surface area contributed by atoms with Gasteiger partial charge >= 0.3 is 15.2 Å². The summed E-state index contributed by atoms with van der Waals surface area (Å²) in [6.45, 7) is 21.3. The number of hydrogen-bond acceptors (Lipinski definition) is 12. The van der Waals surface area contributed by atoms with E-state index in [0.717, 1.165) is 47.4 Å². The smallest absolute Gasteiger partial charge is 0.343 e. The van der Waals surface area contributed by atoms with Crippen molar-refractivity contribution in [3.05, 3.63) is 22.2 Å². The Morgan fingerprint density at radius 3 is 2.06 bits per heavy atom. The van der Waals surface area contributed by atoms with E-state index in [0.29, 0.717) is 5.15 Å². The predicted octanol–water partition coefficient (Wildman–Crippen LogP) is 9.32. The van der Waals surface area contributed by atoms with E-state index >= 15 is 0 Å². The molecule has 0 spiro atoms. The van der Waals surface area contributed by atoms with Gasteiger partial charge in [-0.2, -0.15) is 0 Å². The molecule has 0 bridgehead atoms. The van der Waals surface area contributed by atoms with E-state index in [-0.39, 0.29) is 6.61 Å². The third kappa shape index (κ3) is 9.39. The zero-order valence-electron chi connectivity index (χ0n) is 29.5. The van der Waals surface area contributed by atoms with Crippen molar-refractivity contribution < 1.29 is 41.4 Å². The molecule has 0 amide bonds. The van der Waals surface area contributed by atoms with Crippen LogP contribution in [0.15, 0.2) is 11.4 Å². The lowest BCUT2D eigenvalue weighted by molar-refractivity contribution is -0.190. The Balaban J connectivity index is 1.44. The van der Waals surface area contributed by atoms with E-state index in [2.05, 4.69) is 4.90 Å². The Hall–Kier alpha value is -0.620. The Morgan fingerprint density at radius 1 is 0.936 bits per heavy atom. The molecule has 0 aromatic carbocycles. The van der Waals surface area contributed by atoms with Gasteiger partial charge in [0.25, 0.3) is 0 Å². The topological polar surface area (TPSA) is 115 Å². The number of anilines is 1. The summed E-state index contributed by atoms with van der Waals surface area (Å²) in [4.78, 5) is 7.08. The molecule has 3 aliphatic rings. The highest BCUT2D eigenvalue weighted by Crippen LogP contribution is 2.68. The first-order chi connectivity index (χ1) is 21.4. The molecule has 11 nitrogen and oxygen atoms in total. The van der Waals surface area contributed by atoms with E-state index < -0.39 is 68.1 Å². The molecule has 47 heavy (non-hydrogen) atoms. The van der Waals surface area contributed by atoms with E-state index in [1.165, 1.54) is 0 Å². The number of hydrogen-bond donors (Lipinski definition) is 0. The Labute approximate surface area is 288 Å². The number of halogens is 1. The van der Waals surface area contributed by atoms with Crippen molar-refractivity contribution in [1.82, 2.24) is 4.98 Å². The Kier molecular flexibility index (Phi) is 10.5. The zero-order valence-corrected chi connectivity index (χ0v) is 32.8. The quantitative estimate of drug-likeness (QED) is 0.172. The van der Waals surface area contributed by atoms with Crippen LogP contribution in [0.25, 0.3) is 10.2 Å². The second kappa shape index (κ2) is 13.2. The maximum atomic E-state index is 14.5. The standard InChI is InChI=1S/C32H51ClN2O9P2S/c1-29(2,3)42-45(36,19-46(37,43-30(4,5)6)44-31(7,8)9)38-17-22-26-27(41-32(10,11)40-26)25(39-22)20-18-47-28-21(35-14-12-13-15-35)16-23(33)34-24(20)28/h16,18,22,25-27H,12-15,17,19H2,1-11H3/t22-,25+,26-,27+,45?/m1/s1. The normalized spacial score (nSPS) is 26.7. The number of pyridine rings is 1. The molecule has 5 atom stereocenters. The monoisotopic (exact) mass is 736 g/mol. The van der Waals surface area contributed by atoms with E-state index in [1.54, 1.807) is 73.7 Å². The summed E-state index contributed by atoms with van der Waals surface area (Å²) < 4.78 is 73.3. The molecule has 266 valence electrons. The van der Waals surface area contributed by atoms with Crippen LogP contribution in [-0.4, -0.2) is 71.5 Å². The summed E-state index contributed by atoms with van der Waals surface area (Å²) in [6.07, 6.45) is -0.00472. The number of ether oxygens (including phenoxy) is 3. The summed E-state index contributed by atoms with van der Waals surface area (Å²) in [5, 5.41) is 2.46. The van der Waals surface area contributed by atoms with Crippen molar-refractivity contribution >= 4 is 54.0 Å². The average molecular weight is 737 g/mol. The molecule has 2 aromatic rings. The van der Waals surface area contributed by atoms with Crippen molar-refractivity contribution in [2.24, 2.45) is 0 Å². The fourth-order valence-electron chi connectivity index (χ4n) is 6.26.